The highest BCUT2D eigenvalue weighted by molar-refractivity contribution is 5.88. The molecule has 4 nitrogen and oxygen atoms in total. The molecule has 1 heterocycles. The summed E-state index contributed by atoms with van der Waals surface area (Å²) < 4.78 is 13.9. The number of aromatic carboxylic acids is 1. The summed E-state index contributed by atoms with van der Waals surface area (Å²) >= 11 is 0. The highest BCUT2D eigenvalue weighted by atomic mass is 19.1. The molecular formula is C16H17FN2O2. The maximum atomic E-state index is 13.9. The molecule has 0 aliphatic rings. The van der Waals surface area contributed by atoms with Gasteiger partial charge in [-0.2, -0.15) is 0 Å². The van der Waals surface area contributed by atoms with Crippen molar-refractivity contribution in [3.05, 3.63) is 59.0 Å². The van der Waals surface area contributed by atoms with Gasteiger partial charge >= 0.3 is 5.97 Å². The summed E-state index contributed by atoms with van der Waals surface area (Å²) in [5.41, 5.74) is 1.82. The summed E-state index contributed by atoms with van der Waals surface area (Å²) in [5.74, 6) is -1.75. The zero-order valence-corrected chi connectivity index (χ0v) is 11.9. The number of aromatic nitrogens is 1. The highest BCUT2D eigenvalue weighted by Crippen LogP contribution is 2.18. The van der Waals surface area contributed by atoms with E-state index in [4.69, 9.17) is 5.11 Å². The minimum Gasteiger partial charge on any atom is -0.478 e. The molecule has 2 aromatic rings. The second-order valence-corrected chi connectivity index (χ2v) is 5.08. The van der Waals surface area contributed by atoms with Gasteiger partial charge in [0.25, 0.3) is 0 Å². The smallest absolute Gasteiger partial charge is 0.338 e. The van der Waals surface area contributed by atoms with Crippen molar-refractivity contribution < 1.29 is 14.3 Å². The van der Waals surface area contributed by atoms with E-state index in [0.717, 1.165) is 11.6 Å². The fraction of sp³-hybridized carbons (Fsp3) is 0.250. The minimum absolute atomic E-state index is 0.0529. The maximum Gasteiger partial charge on any atom is 0.338 e. The Kier molecular flexibility index (Phi) is 4.52. The molecule has 0 spiro atoms. The van der Waals surface area contributed by atoms with Crippen molar-refractivity contribution in [3.63, 3.8) is 0 Å². The lowest BCUT2D eigenvalue weighted by atomic mass is 10.0. The quantitative estimate of drug-likeness (QED) is 0.881. The van der Waals surface area contributed by atoms with E-state index >= 15 is 0 Å². The third kappa shape index (κ3) is 3.56. The van der Waals surface area contributed by atoms with E-state index in [0.29, 0.717) is 12.5 Å². The van der Waals surface area contributed by atoms with Gasteiger partial charge in [0, 0.05) is 12.7 Å². The lowest BCUT2D eigenvalue weighted by molar-refractivity contribution is 0.0692. The van der Waals surface area contributed by atoms with Crippen molar-refractivity contribution in [2.75, 3.05) is 5.32 Å². The number of hydrogen-bond donors (Lipinski definition) is 2. The zero-order chi connectivity index (χ0) is 15.4. The minimum atomic E-state index is -1.31. The number of nitrogens with one attached hydrogen (secondary N) is 1. The molecule has 0 fully saturated rings. The van der Waals surface area contributed by atoms with E-state index in [-0.39, 0.29) is 11.4 Å². The van der Waals surface area contributed by atoms with Crippen LogP contribution in [-0.2, 0) is 6.54 Å². The van der Waals surface area contributed by atoms with Gasteiger partial charge < -0.3 is 10.4 Å². The van der Waals surface area contributed by atoms with Crippen molar-refractivity contribution in [1.29, 1.82) is 0 Å². The molecule has 110 valence electrons. The van der Waals surface area contributed by atoms with Gasteiger partial charge in [0.2, 0.25) is 0 Å². The number of carboxylic acid groups (broad SMARTS) is 1. The number of hydrogen-bond acceptors (Lipinski definition) is 3. The van der Waals surface area contributed by atoms with Gasteiger partial charge in [0.05, 0.1) is 0 Å². The maximum absolute atomic E-state index is 13.9. The Labute approximate surface area is 122 Å². The Balaban J connectivity index is 2.09. The van der Waals surface area contributed by atoms with Gasteiger partial charge in [0.15, 0.2) is 11.6 Å². The molecular weight excluding hydrogens is 271 g/mol. The molecule has 0 atom stereocenters. The van der Waals surface area contributed by atoms with E-state index in [2.05, 4.69) is 24.1 Å². The van der Waals surface area contributed by atoms with Crippen molar-refractivity contribution in [1.82, 2.24) is 4.98 Å². The molecule has 21 heavy (non-hydrogen) atoms. The highest BCUT2D eigenvalue weighted by Gasteiger charge is 2.14. The van der Waals surface area contributed by atoms with Crippen LogP contribution in [0, 0.1) is 5.82 Å². The van der Waals surface area contributed by atoms with Crippen LogP contribution in [-0.4, -0.2) is 16.1 Å². The fourth-order valence-electron chi connectivity index (χ4n) is 1.94. The number of anilines is 1. The number of pyridine rings is 1. The molecule has 0 aliphatic carbocycles. The number of rotatable bonds is 5. The first-order valence-electron chi connectivity index (χ1n) is 6.69. The third-order valence-electron chi connectivity index (χ3n) is 3.23. The number of halogens is 1. The van der Waals surface area contributed by atoms with Crippen molar-refractivity contribution >= 4 is 11.8 Å². The molecule has 2 rings (SSSR count). The van der Waals surface area contributed by atoms with E-state index in [1.165, 1.54) is 11.8 Å². The first-order chi connectivity index (χ1) is 9.99. The van der Waals surface area contributed by atoms with Gasteiger partial charge in [-0.05, 0) is 23.1 Å². The van der Waals surface area contributed by atoms with Crippen LogP contribution in [0.15, 0.2) is 36.5 Å². The third-order valence-corrected chi connectivity index (χ3v) is 3.23. The second kappa shape index (κ2) is 6.35. The van der Waals surface area contributed by atoms with Crippen LogP contribution < -0.4 is 5.32 Å². The topological polar surface area (TPSA) is 62.2 Å². The number of nitrogens with zero attached hydrogens (tertiary/aromatic N) is 1. The second-order valence-electron chi connectivity index (χ2n) is 5.08. The summed E-state index contributed by atoms with van der Waals surface area (Å²) in [7, 11) is 0. The Hall–Kier alpha value is -2.43. The van der Waals surface area contributed by atoms with Crippen molar-refractivity contribution in [2.24, 2.45) is 0 Å². The van der Waals surface area contributed by atoms with Crippen molar-refractivity contribution in [2.45, 2.75) is 26.3 Å². The molecule has 2 N–H and O–H groups in total. The van der Waals surface area contributed by atoms with Gasteiger partial charge in [0.1, 0.15) is 5.56 Å². The number of benzene rings is 1. The molecule has 0 unspecified atom stereocenters. The Morgan fingerprint density at radius 2 is 1.95 bits per heavy atom. The average Bonchev–Trinajstić information content (AvgIpc) is 2.46. The molecule has 1 aromatic carbocycles. The van der Waals surface area contributed by atoms with Crippen LogP contribution in [0.4, 0.5) is 10.2 Å². The molecule has 0 amide bonds. The van der Waals surface area contributed by atoms with Crippen LogP contribution in [0.1, 0.15) is 41.3 Å². The Morgan fingerprint density at radius 1 is 1.29 bits per heavy atom. The first-order valence-corrected chi connectivity index (χ1v) is 6.69. The lowest BCUT2D eigenvalue weighted by Gasteiger charge is -2.09. The zero-order valence-electron chi connectivity index (χ0n) is 11.9. The Morgan fingerprint density at radius 3 is 2.52 bits per heavy atom. The van der Waals surface area contributed by atoms with Crippen molar-refractivity contribution in [3.8, 4) is 0 Å². The van der Waals surface area contributed by atoms with Gasteiger partial charge in [-0.3, -0.25) is 0 Å². The fourth-order valence-corrected chi connectivity index (χ4v) is 1.94. The number of carbonyl (C=O) groups is 1. The van der Waals surface area contributed by atoms with Gasteiger partial charge in [-0.15, -0.1) is 0 Å². The molecule has 0 saturated carbocycles. The van der Waals surface area contributed by atoms with Crippen LogP contribution in [0.25, 0.3) is 0 Å². The predicted octanol–water partition coefficient (Wildman–Crippen LogP) is 3.65. The molecule has 0 saturated heterocycles. The normalized spacial score (nSPS) is 10.7. The van der Waals surface area contributed by atoms with Gasteiger partial charge in [-0.1, -0.05) is 38.1 Å². The monoisotopic (exact) mass is 288 g/mol. The van der Waals surface area contributed by atoms with Gasteiger partial charge in [-0.25, -0.2) is 14.2 Å². The largest absolute Gasteiger partial charge is 0.478 e. The van der Waals surface area contributed by atoms with E-state index in [9.17, 15) is 9.18 Å². The predicted molar refractivity (Wildman–Crippen MR) is 79.0 cm³/mol. The molecule has 5 heteroatoms. The van der Waals surface area contributed by atoms with E-state index < -0.39 is 11.8 Å². The van der Waals surface area contributed by atoms with Crippen LogP contribution in [0.5, 0.6) is 0 Å². The van der Waals surface area contributed by atoms with Crippen LogP contribution in [0.3, 0.4) is 0 Å². The van der Waals surface area contributed by atoms with E-state index in [1.807, 2.05) is 24.3 Å². The van der Waals surface area contributed by atoms with Crippen LogP contribution >= 0.6 is 0 Å². The van der Waals surface area contributed by atoms with E-state index in [1.54, 1.807) is 0 Å². The summed E-state index contributed by atoms with van der Waals surface area (Å²) in [6.45, 7) is 4.61. The standard InChI is InChI=1S/C16H17FN2O2/c1-10(2)12-5-3-11(4-6-12)9-19-15-14(17)13(16(20)21)7-8-18-15/h3-8,10H,9H2,1-2H3,(H,18,19)(H,20,21). The molecule has 0 bridgehead atoms. The molecule has 0 aliphatic heterocycles. The molecule has 1 aromatic heterocycles. The summed E-state index contributed by atoms with van der Waals surface area (Å²) in [5, 5.41) is 11.7. The summed E-state index contributed by atoms with van der Waals surface area (Å²) in [6, 6.07) is 9.11. The summed E-state index contributed by atoms with van der Waals surface area (Å²) in [4.78, 5) is 14.7. The lowest BCUT2D eigenvalue weighted by Crippen LogP contribution is -2.08. The SMILES string of the molecule is CC(C)c1ccc(CNc2nccc(C(=O)O)c2F)cc1. The summed E-state index contributed by atoms with van der Waals surface area (Å²) in [6.07, 6.45) is 1.27. The first kappa shape index (κ1) is 15.0. The Bertz CT molecular complexity index is 639. The van der Waals surface area contributed by atoms with Crippen LogP contribution in [0.2, 0.25) is 0 Å². The molecule has 0 radical (unpaired) electrons. The average molecular weight is 288 g/mol. The number of carboxylic acids is 1.